The second-order valence-electron chi connectivity index (χ2n) is 5.65. The minimum Gasteiger partial charge on any atom is -0.379 e. The third-order valence-electron chi connectivity index (χ3n) is 3.77. The van der Waals surface area contributed by atoms with Crippen molar-refractivity contribution in [2.24, 2.45) is 0 Å². The van der Waals surface area contributed by atoms with Gasteiger partial charge in [-0.15, -0.1) is 0 Å². The molecule has 1 aromatic carbocycles. The van der Waals surface area contributed by atoms with Crippen molar-refractivity contribution in [2.75, 3.05) is 13.1 Å². The Morgan fingerprint density at radius 2 is 2.26 bits per heavy atom. The fourth-order valence-electron chi connectivity index (χ4n) is 2.59. The van der Waals surface area contributed by atoms with Crippen LogP contribution in [-0.4, -0.2) is 41.1 Å². The van der Waals surface area contributed by atoms with Gasteiger partial charge in [0.2, 0.25) is 10.0 Å². The van der Waals surface area contributed by atoms with E-state index >= 15 is 0 Å². The molecule has 23 heavy (non-hydrogen) atoms. The monoisotopic (exact) mass is 341 g/mol. The first-order valence-electron chi connectivity index (χ1n) is 7.04. The summed E-state index contributed by atoms with van der Waals surface area (Å²) in [5, 5.41) is 14.2. The number of benzene rings is 1. The Kier molecular flexibility index (Phi) is 3.95. The van der Waals surface area contributed by atoms with Crippen molar-refractivity contribution in [3.63, 3.8) is 0 Å². The number of aromatic nitrogens is 2. The van der Waals surface area contributed by atoms with Crippen LogP contribution in [0.5, 0.6) is 0 Å². The third kappa shape index (κ3) is 3.26. The molecule has 1 N–H and O–H groups in total. The SMILES string of the molecule is Cc1noc([C@]2(O)CCN(S(=O)(=O)Cc3cccc(F)c3)C2)n1. The lowest BCUT2D eigenvalue weighted by Gasteiger charge is -2.19. The van der Waals surface area contributed by atoms with E-state index in [1.165, 1.54) is 18.2 Å². The van der Waals surface area contributed by atoms with E-state index in [0.29, 0.717) is 11.4 Å². The highest BCUT2D eigenvalue weighted by atomic mass is 32.2. The molecule has 0 amide bonds. The lowest BCUT2D eigenvalue weighted by atomic mass is 10.0. The first-order chi connectivity index (χ1) is 10.8. The van der Waals surface area contributed by atoms with Gasteiger partial charge in [0.15, 0.2) is 11.4 Å². The molecular weight excluding hydrogens is 325 g/mol. The van der Waals surface area contributed by atoms with Crippen LogP contribution in [0.25, 0.3) is 0 Å². The predicted molar refractivity (Wildman–Crippen MR) is 78.1 cm³/mol. The summed E-state index contributed by atoms with van der Waals surface area (Å²) in [6.07, 6.45) is 0.164. The molecule has 1 saturated heterocycles. The molecule has 1 fully saturated rings. The lowest BCUT2D eigenvalue weighted by Crippen LogP contribution is -2.35. The van der Waals surface area contributed by atoms with Crippen LogP contribution in [0.2, 0.25) is 0 Å². The zero-order valence-corrected chi connectivity index (χ0v) is 13.3. The molecule has 2 aromatic rings. The first-order valence-corrected chi connectivity index (χ1v) is 8.65. The van der Waals surface area contributed by atoms with Crippen LogP contribution in [0.1, 0.15) is 23.7 Å². The smallest absolute Gasteiger partial charge is 0.260 e. The Bertz CT molecular complexity index is 823. The summed E-state index contributed by atoms with van der Waals surface area (Å²) in [7, 11) is -3.69. The molecule has 1 aliphatic rings. The Morgan fingerprint density at radius 1 is 1.48 bits per heavy atom. The zero-order chi connectivity index (χ0) is 16.7. The second-order valence-corrected chi connectivity index (χ2v) is 7.62. The summed E-state index contributed by atoms with van der Waals surface area (Å²) in [4.78, 5) is 3.98. The van der Waals surface area contributed by atoms with Crippen molar-refractivity contribution in [3.8, 4) is 0 Å². The summed E-state index contributed by atoms with van der Waals surface area (Å²) in [6.45, 7) is 1.59. The number of rotatable bonds is 4. The Morgan fingerprint density at radius 3 is 2.91 bits per heavy atom. The van der Waals surface area contributed by atoms with Crippen molar-refractivity contribution in [2.45, 2.75) is 24.7 Å². The first kappa shape index (κ1) is 16.0. The normalized spacial score (nSPS) is 22.6. The molecule has 124 valence electrons. The summed E-state index contributed by atoms with van der Waals surface area (Å²) in [5.41, 5.74) is -1.13. The van der Waals surface area contributed by atoms with Gasteiger partial charge < -0.3 is 9.63 Å². The van der Waals surface area contributed by atoms with Gasteiger partial charge in [0.05, 0.1) is 12.3 Å². The molecule has 0 bridgehead atoms. The minimum absolute atomic E-state index is 0.0125. The zero-order valence-electron chi connectivity index (χ0n) is 12.4. The fraction of sp³-hybridized carbons (Fsp3) is 0.429. The van der Waals surface area contributed by atoms with Crippen LogP contribution in [0.3, 0.4) is 0 Å². The Hall–Kier alpha value is -1.84. The minimum atomic E-state index is -3.69. The van der Waals surface area contributed by atoms with Crippen LogP contribution < -0.4 is 0 Å². The van der Waals surface area contributed by atoms with Gasteiger partial charge in [-0.3, -0.25) is 0 Å². The molecular formula is C14H16FN3O4S. The van der Waals surface area contributed by atoms with Gasteiger partial charge in [-0.05, 0) is 24.6 Å². The lowest BCUT2D eigenvalue weighted by molar-refractivity contribution is 0.0194. The summed E-state index contributed by atoms with van der Waals surface area (Å²) >= 11 is 0. The number of nitrogens with zero attached hydrogens (tertiary/aromatic N) is 3. The largest absolute Gasteiger partial charge is 0.379 e. The second kappa shape index (κ2) is 5.66. The van der Waals surface area contributed by atoms with Crippen molar-refractivity contribution >= 4 is 10.0 Å². The number of β-amino-alcohol motifs (C(OH)–C–C–N with tert-alkyl or cyclic N) is 1. The van der Waals surface area contributed by atoms with Gasteiger partial charge in [-0.1, -0.05) is 17.3 Å². The molecule has 0 spiro atoms. The number of aliphatic hydroxyl groups is 1. The van der Waals surface area contributed by atoms with Crippen molar-refractivity contribution < 1.29 is 22.4 Å². The van der Waals surface area contributed by atoms with Gasteiger partial charge in [-0.25, -0.2) is 12.8 Å². The third-order valence-corrected chi connectivity index (χ3v) is 5.57. The van der Waals surface area contributed by atoms with E-state index in [0.717, 1.165) is 4.31 Å². The highest BCUT2D eigenvalue weighted by Crippen LogP contribution is 2.33. The Labute approximate surface area is 132 Å². The highest BCUT2D eigenvalue weighted by molar-refractivity contribution is 7.88. The number of hydrogen-bond acceptors (Lipinski definition) is 6. The highest BCUT2D eigenvalue weighted by Gasteiger charge is 2.46. The van der Waals surface area contributed by atoms with Crippen molar-refractivity contribution in [3.05, 3.63) is 47.4 Å². The van der Waals surface area contributed by atoms with E-state index in [2.05, 4.69) is 10.1 Å². The molecule has 0 radical (unpaired) electrons. The van der Waals surface area contributed by atoms with Crippen LogP contribution in [0, 0.1) is 12.7 Å². The summed E-state index contributed by atoms with van der Waals surface area (Å²) in [5.74, 6) is -0.436. The summed E-state index contributed by atoms with van der Waals surface area (Å²) in [6, 6.07) is 5.44. The van der Waals surface area contributed by atoms with E-state index in [1.54, 1.807) is 13.0 Å². The van der Waals surface area contributed by atoms with Gasteiger partial charge in [0.1, 0.15) is 5.82 Å². The molecule has 0 saturated carbocycles. The van der Waals surface area contributed by atoms with E-state index in [4.69, 9.17) is 4.52 Å². The maximum atomic E-state index is 13.2. The van der Waals surface area contributed by atoms with E-state index < -0.39 is 21.4 Å². The maximum absolute atomic E-state index is 13.2. The molecule has 1 atom stereocenters. The van der Waals surface area contributed by atoms with E-state index in [9.17, 15) is 17.9 Å². The van der Waals surface area contributed by atoms with E-state index in [-0.39, 0.29) is 31.2 Å². The molecule has 0 aliphatic carbocycles. The molecule has 3 rings (SSSR count). The average Bonchev–Trinajstić information content (AvgIpc) is 3.06. The predicted octanol–water partition coefficient (Wildman–Crippen LogP) is 0.940. The van der Waals surface area contributed by atoms with Crippen LogP contribution in [-0.2, 0) is 21.4 Å². The molecule has 7 nitrogen and oxygen atoms in total. The molecule has 0 unspecified atom stereocenters. The molecule has 2 heterocycles. The average molecular weight is 341 g/mol. The van der Waals surface area contributed by atoms with Crippen LogP contribution >= 0.6 is 0 Å². The number of halogens is 1. The van der Waals surface area contributed by atoms with Gasteiger partial charge >= 0.3 is 0 Å². The summed E-state index contributed by atoms with van der Waals surface area (Å²) < 4.78 is 44.2. The molecule has 1 aliphatic heterocycles. The van der Waals surface area contributed by atoms with Crippen molar-refractivity contribution in [1.82, 2.24) is 14.4 Å². The van der Waals surface area contributed by atoms with E-state index in [1.807, 2.05) is 0 Å². The fourth-order valence-corrected chi connectivity index (χ4v) is 4.15. The van der Waals surface area contributed by atoms with Gasteiger partial charge in [-0.2, -0.15) is 9.29 Å². The van der Waals surface area contributed by atoms with Crippen LogP contribution in [0.4, 0.5) is 4.39 Å². The number of hydrogen-bond donors (Lipinski definition) is 1. The van der Waals surface area contributed by atoms with Crippen LogP contribution in [0.15, 0.2) is 28.8 Å². The van der Waals surface area contributed by atoms with Crippen molar-refractivity contribution in [1.29, 1.82) is 0 Å². The maximum Gasteiger partial charge on any atom is 0.260 e. The molecule has 1 aromatic heterocycles. The van der Waals surface area contributed by atoms with Gasteiger partial charge in [0.25, 0.3) is 5.89 Å². The number of sulfonamides is 1. The topological polar surface area (TPSA) is 96.5 Å². The quantitative estimate of drug-likeness (QED) is 0.889. The molecule has 9 heteroatoms. The standard InChI is InChI=1S/C14H16FN3O4S/c1-10-16-13(22-17-10)14(19)5-6-18(9-14)23(20,21)8-11-3-2-4-12(15)7-11/h2-4,7,19H,5-6,8-9H2,1H3/t14-/m0/s1. The number of aryl methyl sites for hydroxylation is 1. The Balaban J connectivity index is 1.77. The van der Waals surface area contributed by atoms with Gasteiger partial charge in [0, 0.05) is 13.0 Å².